The van der Waals surface area contributed by atoms with Crippen molar-refractivity contribution in [1.82, 2.24) is 10.2 Å². The van der Waals surface area contributed by atoms with Crippen LogP contribution in [-0.4, -0.2) is 55.5 Å². The highest BCUT2D eigenvalue weighted by Gasteiger charge is 2.27. The minimum Gasteiger partial charge on any atom is -0.464 e. The van der Waals surface area contributed by atoms with E-state index in [0.29, 0.717) is 12.5 Å². The minimum atomic E-state index is -1.39. The summed E-state index contributed by atoms with van der Waals surface area (Å²) >= 11 is 0. The Bertz CT molecular complexity index is 331. The smallest absolute Gasteiger partial charge is 0.332 e. The fourth-order valence-electron chi connectivity index (χ4n) is 1.24. The van der Waals surface area contributed by atoms with E-state index >= 15 is 0 Å². The van der Waals surface area contributed by atoms with Crippen molar-refractivity contribution in [2.75, 3.05) is 26.7 Å². The zero-order valence-electron chi connectivity index (χ0n) is 11.9. The predicted octanol–water partition coefficient (Wildman–Crippen LogP) is -0.893. The molecule has 110 valence electrons. The largest absolute Gasteiger partial charge is 0.464 e. The molecule has 0 aliphatic rings. The second-order valence-corrected chi connectivity index (χ2v) is 4.62. The number of hydrogen-bond donors (Lipinski definition) is 2. The summed E-state index contributed by atoms with van der Waals surface area (Å²) in [5.41, 5.74) is 5.45. The van der Waals surface area contributed by atoms with Gasteiger partial charge in [0, 0.05) is 13.6 Å². The lowest BCUT2D eigenvalue weighted by Gasteiger charge is -2.20. The lowest BCUT2D eigenvalue weighted by Crippen LogP contribution is -2.50. The Balaban J connectivity index is 4.26. The minimum absolute atomic E-state index is 0.140. The van der Waals surface area contributed by atoms with Gasteiger partial charge in [-0.15, -0.1) is 0 Å². The van der Waals surface area contributed by atoms with Gasteiger partial charge in [0.2, 0.25) is 5.91 Å². The number of nitrogens with one attached hydrogen (secondary N) is 1. The quantitative estimate of drug-likeness (QED) is 0.463. The molecule has 7 nitrogen and oxygen atoms in total. The second-order valence-electron chi connectivity index (χ2n) is 4.62. The van der Waals surface area contributed by atoms with E-state index in [-0.39, 0.29) is 19.1 Å². The Hall–Kier alpha value is -1.63. The molecule has 0 radical (unpaired) electrons. The number of amides is 2. The van der Waals surface area contributed by atoms with Gasteiger partial charge in [0.25, 0.3) is 5.91 Å². The van der Waals surface area contributed by atoms with E-state index in [9.17, 15) is 14.4 Å². The molecule has 7 heteroatoms. The average molecular weight is 273 g/mol. The standard InChI is InChI=1S/C12H23N3O4/c1-5-19-12(18)10(13)11(17)15(4)7-9(16)14-6-8(2)3/h8,10H,5-7,13H2,1-4H3,(H,14,16). The average Bonchev–Trinajstić information content (AvgIpc) is 2.34. The second kappa shape index (κ2) is 8.47. The van der Waals surface area contributed by atoms with Gasteiger partial charge in [-0.3, -0.25) is 9.59 Å². The van der Waals surface area contributed by atoms with Gasteiger partial charge in [-0.2, -0.15) is 0 Å². The molecule has 0 saturated heterocycles. The van der Waals surface area contributed by atoms with E-state index in [2.05, 4.69) is 10.1 Å². The highest BCUT2D eigenvalue weighted by atomic mass is 16.5. The molecule has 19 heavy (non-hydrogen) atoms. The molecule has 0 fully saturated rings. The summed E-state index contributed by atoms with van der Waals surface area (Å²) in [4.78, 5) is 35.7. The van der Waals surface area contributed by atoms with Gasteiger partial charge in [-0.1, -0.05) is 13.8 Å². The van der Waals surface area contributed by atoms with Crippen LogP contribution in [0.2, 0.25) is 0 Å². The maximum Gasteiger partial charge on any atom is 0.332 e. The summed E-state index contributed by atoms with van der Waals surface area (Å²) in [7, 11) is 1.41. The number of likely N-dealkylation sites (N-methyl/N-ethyl adjacent to an activating group) is 1. The van der Waals surface area contributed by atoms with Crippen LogP contribution in [-0.2, 0) is 19.1 Å². The van der Waals surface area contributed by atoms with Crippen molar-refractivity contribution in [2.24, 2.45) is 11.7 Å². The first kappa shape index (κ1) is 17.4. The lowest BCUT2D eigenvalue weighted by molar-refractivity contribution is -0.151. The number of carbonyl (C=O) groups is 3. The molecule has 0 aliphatic carbocycles. The molecule has 0 spiro atoms. The van der Waals surface area contributed by atoms with Gasteiger partial charge >= 0.3 is 5.97 Å². The van der Waals surface area contributed by atoms with E-state index in [1.807, 2.05) is 13.8 Å². The van der Waals surface area contributed by atoms with Crippen LogP contribution in [0.15, 0.2) is 0 Å². The van der Waals surface area contributed by atoms with Crippen LogP contribution < -0.4 is 11.1 Å². The Morgan fingerprint density at radius 1 is 1.32 bits per heavy atom. The number of hydrogen-bond acceptors (Lipinski definition) is 5. The van der Waals surface area contributed by atoms with Crippen molar-refractivity contribution >= 4 is 17.8 Å². The van der Waals surface area contributed by atoms with Crippen molar-refractivity contribution < 1.29 is 19.1 Å². The van der Waals surface area contributed by atoms with Gasteiger partial charge in [-0.05, 0) is 12.8 Å². The summed E-state index contributed by atoms with van der Waals surface area (Å²) in [5, 5.41) is 2.67. The third kappa shape index (κ3) is 6.76. The summed E-state index contributed by atoms with van der Waals surface area (Å²) in [6, 6.07) is -1.39. The number of ether oxygens (including phenoxy) is 1. The van der Waals surface area contributed by atoms with Crippen molar-refractivity contribution in [3.8, 4) is 0 Å². The molecule has 3 N–H and O–H groups in total. The highest BCUT2D eigenvalue weighted by molar-refractivity contribution is 6.02. The van der Waals surface area contributed by atoms with Crippen LogP contribution in [0.1, 0.15) is 20.8 Å². The van der Waals surface area contributed by atoms with Gasteiger partial charge in [0.1, 0.15) is 0 Å². The molecule has 1 atom stereocenters. The number of carbonyl (C=O) groups excluding carboxylic acids is 3. The lowest BCUT2D eigenvalue weighted by atomic mass is 10.2. The molecule has 1 unspecified atom stereocenters. The molecule has 0 rings (SSSR count). The van der Waals surface area contributed by atoms with Gasteiger partial charge < -0.3 is 20.7 Å². The molecule has 0 aromatic heterocycles. The zero-order valence-corrected chi connectivity index (χ0v) is 11.9. The van der Waals surface area contributed by atoms with Crippen LogP contribution in [0.25, 0.3) is 0 Å². The molecule has 2 amide bonds. The number of nitrogens with zero attached hydrogens (tertiary/aromatic N) is 1. The molecule has 0 aliphatic heterocycles. The fraction of sp³-hybridized carbons (Fsp3) is 0.750. The molecular weight excluding hydrogens is 250 g/mol. The maximum absolute atomic E-state index is 11.8. The maximum atomic E-state index is 11.8. The highest BCUT2D eigenvalue weighted by Crippen LogP contribution is 1.94. The van der Waals surface area contributed by atoms with E-state index < -0.39 is 17.9 Å². The van der Waals surface area contributed by atoms with Crippen molar-refractivity contribution in [3.05, 3.63) is 0 Å². The van der Waals surface area contributed by atoms with Crippen LogP contribution in [0.5, 0.6) is 0 Å². The topological polar surface area (TPSA) is 102 Å². The van der Waals surface area contributed by atoms with Gasteiger partial charge in [0.05, 0.1) is 13.2 Å². The Kier molecular flexibility index (Phi) is 7.74. The molecular formula is C12H23N3O4. The molecule has 0 bridgehead atoms. The number of esters is 1. The zero-order chi connectivity index (χ0) is 15.0. The first-order valence-corrected chi connectivity index (χ1v) is 6.23. The molecule has 0 heterocycles. The van der Waals surface area contributed by atoms with Crippen LogP contribution in [0.4, 0.5) is 0 Å². The van der Waals surface area contributed by atoms with Crippen LogP contribution >= 0.6 is 0 Å². The van der Waals surface area contributed by atoms with E-state index in [0.717, 1.165) is 4.90 Å². The number of rotatable bonds is 7. The summed E-state index contributed by atoms with van der Waals surface area (Å²) < 4.78 is 4.65. The first-order chi connectivity index (χ1) is 8.79. The van der Waals surface area contributed by atoms with Gasteiger partial charge in [-0.25, -0.2) is 4.79 Å². The summed E-state index contributed by atoms with van der Waals surface area (Å²) in [5.74, 6) is -1.40. The SMILES string of the molecule is CCOC(=O)C(N)C(=O)N(C)CC(=O)NCC(C)C. The first-order valence-electron chi connectivity index (χ1n) is 6.23. The Morgan fingerprint density at radius 2 is 1.89 bits per heavy atom. The molecule has 0 saturated carbocycles. The predicted molar refractivity (Wildman–Crippen MR) is 70.1 cm³/mol. The van der Waals surface area contributed by atoms with Gasteiger partial charge in [0.15, 0.2) is 6.04 Å². The Labute approximate surface area is 113 Å². The fourth-order valence-corrected chi connectivity index (χ4v) is 1.24. The summed E-state index contributed by atoms with van der Waals surface area (Å²) in [6.45, 7) is 6.09. The van der Waals surface area contributed by atoms with Crippen LogP contribution in [0.3, 0.4) is 0 Å². The third-order valence-electron chi connectivity index (χ3n) is 2.27. The van der Waals surface area contributed by atoms with E-state index in [1.165, 1.54) is 7.05 Å². The van der Waals surface area contributed by atoms with Crippen molar-refractivity contribution in [1.29, 1.82) is 0 Å². The number of nitrogens with two attached hydrogens (primary N) is 1. The monoisotopic (exact) mass is 273 g/mol. The van der Waals surface area contributed by atoms with Crippen molar-refractivity contribution in [3.63, 3.8) is 0 Å². The van der Waals surface area contributed by atoms with E-state index in [4.69, 9.17) is 5.73 Å². The Morgan fingerprint density at radius 3 is 2.37 bits per heavy atom. The third-order valence-corrected chi connectivity index (χ3v) is 2.27. The van der Waals surface area contributed by atoms with Crippen molar-refractivity contribution in [2.45, 2.75) is 26.8 Å². The summed E-state index contributed by atoms with van der Waals surface area (Å²) in [6.07, 6.45) is 0. The van der Waals surface area contributed by atoms with Crippen LogP contribution in [0, 0.1) is 5.92 Å². The molecule has 0 aromatic rings. The normalized spacial score (nSPS) is 11.9. The van der Waals surface area contributed by atoms with E-state index in [1.54, 1.807) is 6.92 Å². The molecule has 0 aromatic carbocycles.